The summed E-state index contributed by atoms with van der Waals surface area (Å²) in [6, 6.07) is 4.76. The normalized spacial score (nSPS) is 12.7. The summed E-state index contributed by atoms with van der Waals surface area (Å²) in [4.78, 5) is 5.74. The van der Waals surface area contributed by atoms with E-state index in [1.165, 1.54) is 24.1 Å². The van der Waals surface area contributed by atoms with Crippen molar-refractivity contribution in [3.63, 3.8) is 0 Å². The van der Waals surface area contributed by atoms with Gasteiger partial charge in [0.25, 0.3) is 0 Å². The van der Waals surface area contributed by atoms with Gasteiger partial charge >= 0.3 is 0 Å². The molecule has 2 heterocycles. The quantitative estimate of drug-likeness (QED) is 0.796. The van der Waals surface area contributed by atoms with Crippen molar-refractivity contribution < 1.29 is 0 Å². The van der Waals surface area contributed by atoms with Gasteiger partial charge in [0.15, 0.2) is 0 Å². The molecule has 2 aromatic rings. The maximum Gasteiger partial charge on any atom is 0.150 e. The van der Waals surface area contributed by atoms with Crippen molar-refractivity contribution in [2.24, 2.45) is 0 Å². The predicted octanol–water partition coefficient (Wildman–Crippen LogP) is 3.78. The van der Waals surface area contributed by atoms with Crippen LogP contribution in [0.1, 0.15) is 33.1 Å². The van der Waals surface area contributed by atoms with E-state index in [0.29, 0.717) is 6.04 Å². The third-order valence-electron chi connectivity index (χ3n) is 3.19. The molecule has 0 aliphatic heterocycles. The number of rotatable bonds is 8. The van der Waals surface area contributed by atoms with Crippen LogP contribution in [0.25, 0.3) is 10.7 Å². The van der Waals surface area contributed by atoms with Crippen LogP contribution in [0, 0.1) is 0 Å². The van der Waals surface area contributed by atoms with Crippen LogP contribution < -0.4 is 5.32 Å². The highest BCUT2D eigenvalue weighted by Crippen LogP contribution is 2.23. The van der Waals surface area contributed by atoms with Crippen LogP contribution in [0.2, 0.25) is 0 Å². The Bertz CT molecular complexity index is 461. The fourth-order valence-electron chi connectivity index (χ4n) is 2.28. The molecule has 0 amide bonds. The lowest BCUT2D eigenvalue weighted by Gasteiger charge is -2.19. The Kier molecular flexibility index (Phi) is 5.61. The molecule has 104 valence electrons. The number of nitrogens with one attached hydrogen (secondary N) is 1. The maximum atomic E-state index is 4.50. The SMILES string of the molecule is CCCNC(CCC)Cn1ccnc1-c1cccs1. The van der Waals surface area contributed by atoms with E-state index >= 15 is 0 Å². The fourth-order valence-corrected chi connectivity index (χ4v) is 3.02. The molecule has 0 fully saturated rings. The number of hydrogen-bond donors (Lipinski definition) is 1. The monoisotopic (exact) mass is 277 g/mol. The van der Waals surface area contributed by atoms with Gasteiger partial charge in [-0.05, 0) is 30.8 Å². The maximum absolute atomic E-state index is 4.50. The molecule has 0 aromatic carbocycles. The van der Waals surface area contributed by atoms with Crippen molar-refractivity contribution in [2.75, 3.05) is 6.54 Å². The molecule has 2 rings (SSSR count). The zero-order valence-corrected chi connectivity index (χ0v) is 12.6. The molecule has 0 aliphatic rings. The zero-order valence-electron chi connectivity index (χ0n) is 11.8. The van der Waals surface area contributed by atoms with E-state index in [4.69, 9.17) is 0 Å². The lowest BCUT2D eigenvalue weighted by Crippen LogP contribution is -2.33. The Balaban J connectivity index is 2.06. The van der Waals surface area contributed by atoms with Crippen molar-refractivity contribution in [3.05, 3.63) is 29.9 Å². The van der Waals surface area contributed by atoms with Gasteiger partial charge in [-0.1, -0.05) is 26.3 Å². The average molecular weight is 277 g/mol. The Morgan fingerprint density at radius 3 is 2.95 bits per heavy atom. The fraction of sp³-hybridized carbons (Fsp3) is 0.533. The number of imidazole rings is 1. The molecule has 0 aliphatic carbocycles. The summed E-state index contributed by atoms with van der Waals surface area (Å²) in [5.74, 6) is 1.09. The van der Waals surface area contributed by atoms with Crippen LogP contribution in [-0.4, -0.2) is 22.1 Å². The first-order valence-corrected chi connectivity index (χ1v) is 8.01. The van der Waals surface area contributed by atoms with E-state index in [0.717, 1.165) is 18.9 Å². The smallest absolute Gasteiger partial charge is 0.150 e. The molecule has 1 atom stereocenters. The van der Waals surface area contributed by atoms with Gasteiger partial charge < -0.3 is 9.88 Å². The Morgan fingerprint density at radius 1 is 1.37 bits per heavy atom. The summed E-state index contributed by atoms with van der Waals surface area (Å²) in [6.07, 6.45) is 7.59. The molecule has 1 N–H and O–H groups in total. The van der Waals surface area contributed by atoms with Gasteiger partial charge in [-0.25, -0.2) is 4.98 Å². The standard InChI is InChI=1S/C15H23N3S/c1-3-6-13(16-8-4-2)12-18-10-9-17-15(18)14-7-5-11-19-14/h5,7,9-11,13,16H,3-4,6,8,12H2,1-2H3. The van der Waals surface area contributed by atoms with Crippen molar-refractivity contribution in [1.82, 2.24) is 14.9 Å². The van der Waals surface area contributed by atoms with Gasteiger partial charge in [-0.15, -0.1) is 11.3 Å². The minimum atomic E-state index is 0.540. The van der Waals surface area contributed by atoms with Gasteiger partial charge in [-0.3, -0.25) is 0 Å². The first-order valence-electron chi connectivity index (χ1n) is 7.13. The van der Waals surface area contributed by atoms with Gasteiger partial charge in [-0.2, -0.15) is 0 Å². The minimum absolute atomic E-state index is 0.540. The highest BCUT2D eigenvalue weighted by Gasteiger charge is 2.12. The van der Waals surface area contributed by atoms with E-state index in [9.17, 15) is 0 Å². The highest BCUT2D eigenvalue weighted by molar-refractivity contribution is 7.13. The number of hydrogen-bond acceptors (Lipinski definition) is 3. The largest absolute Gasteiger partial charge is 0.329 e. The minimum Gasteiger partial charge on any atom is -0.329 e. The molecule has 0 radical (unpaired) electrons. The summed E-state index contributed by atoms with van der Waals surface area (Å²) in [7, 11) is 0. The molecule has 0 bridgehead atoms. The first-order chi connectivity index (χ1) is 9.35. The van der Waals surface area contributed by atoms with Gasteiger partial charge in [0.05, 0.1) is 4.88 Å². The molecular formula is C15H23N3S. The van der Waals surface area contributed by atoms with E-state index in [1.54, 1.807) is 11.3 Å². The van der Waals surface area contributed by atoms with Crippen molar-refractivity contribution in [3.8, 4) is 10.7 Å². The Hall–Kier alpha value is -1.13. The Morgan fingerprint density at radius 2 is 2.26 bits per heavy atom. The summed E-state index contributed by atoms with van der Waals surface area (Å²) in [5.41, 5.74) is 0. The lowest BCUT2D eigenvalue weighted by atomic mass is 10.1. The number of aromatic nitrogens is 2. The topological polar surface area (TPSA) is 29.9 Å². The molecule has 19 heavy (non-hydrogen) atoms. The summed E-state index contributed by atoms with van der Waals surface area (Å²) in [6.45, 7) is 6.55. The Labute approximate surface area is 119 Å². The highest BCUT2D eigenvalue weighted by atomic mass is 32.1. The molecule has 0 saturated carbocycles. The molecule has 4 heteroatoms. The second-order valence-corrected chi connectivity index (χ2v) is 5.77. The average Bonchev–Trinajstić information content (AvgIpc) is 3.06. The molecule has 0 spiro atoms. The third kappa shape index (κ3) is 3.91. The second-order valence-electron chi connectivity index (χ2n) is 4.82. The van der Waals surface area contributed by atoms with Crippen molar-refractivity contribution in [1.29, 1.82) is 0 Å². The van der Waals surface area contributed by atoms with Gasteiger partial charge in [0.2, 0.25) is 0 Å². The van der Waals surface area contributed by atoms with Crippen molar-refractivity contribution in [2.45, 2.75) is 45.7 Å². The number of nitrogens with zero attached hydrogens (tertiary/aromatic N) is 2. The van der Waals surface area contributed by atoms with Crippen molar-refractivity contribution >= 4 is 11.3 Å². The van der Waals surface area contributed by atoms with Gasteiger partial charge in [0, 0.05) is 25.0 Å². The van der Waals surface area contributed by atoms with Crippen LogP contribution in [0.4, 0.5) is 0 Å². The summed E-state index contributed by atoms with van der Waals surface area (Å²) >= 11 is 1.75. The van der Waals surface area contributed by atoms with Crippen LogP contribution >= 0.6 is 11.3 Å². The molecule has 3 nitrogen and oxygen atoms in total. The summed E-state index contributed by atoms with van der Waals surface area (Å²) in [5, 5.41) is 5.74. The summed E-state index contributed by atoms with van der Waals surface area (Å²) < 4.78 is 2.27. The molecular weight excluding hydrogens is 254 g/mol. The van der Waals surface area contributed by atoms with Crippen LogP contribution in [0.3, 0.4) is 0 Å². The van der Waals surface area contributed by atoms with Crippen LogP contribution in [0.5, 0.6) is 0 Å². The van der Waals surface area contributed by atoms with Gasteiger partial charge in [0.1, 0.15) is 5.82 Å². The number of thiophene rings is 1. The lowest BCUT2D eigenvalue weighted by molar-refractivity contribution is 0.422. The molecule has 2 aromatic heterocycles. The zero-order chi connectivity index (χ0) is 13.5. The van der Waals surface area contributed by atoms with E-state index in [2.05, 4.69) is 52.4 Å². The predicted molar refractivity (Wildman–Crippen MR) is 82.5 cm³/mol. The first kappa shape index (κ1) is 14.3. The van der Waals surface area contributed by atoms with E-state index in [-0.39, 0.29) is 0 Å². The van der Waals surface area contributed by atoms with Crippen LogP contribution in [0.15, 0.2) is 29.9 Å². The van der Waals surface area contributed by atoms with E-state index in [1.807, 2.05) is 6.20 Å². The second kappa shape index (κ2) is 7.46. The third-order valence-corrected chi connectivity index (χ3v) is 4.06. The van der Waals surface area contributed by atoms with E-state index < -0.39 is 0 Å². The molecule has 0 saturated heterocycles. The molecule has 1 unspecified atom stereocenters. The van der Waals surface area contributed by atoms with Crippen LogP contribution in [-0.2, 0) is 6.54 Å².